The molecule has 1 saturated carbocycles. The minimum Gasteiger partial charge on any atom is -0.370 e. The van der Waals surface area contributed by atoms with Gasteiger partial charge >= 0.3 is 0 Å². The average Bonchev–Trinajstić information content (AvgIpc) is 2.98. The molecule has 0 aliphatic heterocycles. The first kappa shape index (κ1) is 14.2. The molecule has 1 aromatic rings. The van der Waals surface area contributed by atoms with Gasteiger partial charge in [-0.15, -0.1) is 35.3 Å². The van der Waals surface area contributed by atoms with E-state index in [1.807, 2.05) is 13.1 Å². The summed E-state index contributed by atoms with van der Waals surface area (Å²) in [5.74, 6) is 0.655. The van der Waals surface area contributed by atoms with E-state index >= 15 is 0 Å². The molecule has 0 spiro atoms. The first-order valence-corrected chi connectivity index (χ1v) is 6.54. The van der Waals surface area contributed by atoms with Gasteiger partial charge in [0.15, 0.2) is 5.96 Å². The van der Waals surface area contributed by atoms with Crippen LogP contribution in [0.2, 0.25) is 0 Å². The fraction of sp³-hybridized carbons (Fsp3) is 0.500. The van der Waals surface area contributed by atoms with E-state index in [1.54, 1.807) is 11.3 Å². The molecule has 1 aromatic heterocycles. The Hall–Kier alpha value is 0.180. The zero-order valence-corrected chi connectivity index (χ0v) is 13.8. The molecule has 90 valence electrons. The highest BCUT2D eigenvalue weighted by Gasteiger charge is 2.27. The van der Waals surface area contributed by atoms with E-state index < -0.39 is 0 Å². The molecule has 1 heterocycles. The van der Waals surface area contributed by atoms with Crippen molar-refractivity contribution in [3.05, 3.63) is 20.8 Å². The molecule has 0 unspecified atom stereocenters. The molecule has 0 bridgehead atoms. The second-order valence-electron chi connectivity index (χ2n) is 3.72. The van der Waals surface area contributed by atoms with Crippen molar-refractivity contribution < 1.29 is 0 Å². The quantitative estimate of drug-likeness (QED) is 0.468. The second kappa shape index (κ2) is 6.20. The van der Waals surface area contributed by atoms with Gasteiger partial charge in [-0.1, -0.05) is 0 Å². The summed E-state index contributed by atoms with van der Waals surface area (Å²) in [6.45, 7) is 0.680. The lowest BCUT2D eigenvalue weighted by Gasteiger charge is -2.16. The number of hydrogen-bond donors (Lipinski definition) is 1. The van der Waals surface area contributed by atoms with Gasteiger partial charge in [-0.05, 0) is 40.9 Å². The lowest BCUT2D eigenvalue weighted by atomic mass is 10.5. The smallest absolute Gasteiger partial charge is 0.191 e. The Morgan fingerprint density at radius 1 is 1.62 bits per heavy atom. The molecular formula is C10H15BrIN3S. The van der Waals surface area contributed by atoms with E-state index in [0.29, 0.717) is 18.5 Å². The highest BCUT2D eigenvalue weighted by molar-refractivity contribution is 14.0. The fourth-order valence-electron chi connectivity index (χ4n) is 1.36. The van der Waals surface area contributed by atoms with E-state index in [4.69, 9.17) is 5.73 Å². The van der Waals surface area contributed by atoms with Crippen LogP contribution in [0.4, 0.5) is 0 Å². The average molecular weight is 416 g/mol. The Labute approximate surface area is 125 Å². The monoisotopic (exact) mass is 415 g/mol. The normalized spacial score (nSPS) is 15.8. The van der Waals surface area contributed by atoms with Crippen LogP contribution in [0, 0.1) is 0 Å². The number of halogens is 2. The maximum Gasteiger partial charge on any atom is 0.191 e. The molecular weight excluding hydrogens is 401 g/mol. The molecule has 0 saturated heterocycles. The van der Waals surface area contributed by atoms with Crippen molar-refractivity contribution >= 4 is 57.2 Å². The van der Waals surface area contributed by atoms with Crippen LogP contribution >= 0.6 is 51.2 Å². The van der Waals surface area contributed by atoms with Gasteiger partial charge in [0.25, 0.3) is 0 Å². The van der Waals surface area contributed by atoms with Crippen LogP contribution in [-0.2, 0) is 6.54 Å². The third-order valence-electron chi connectivity index (χ3n) is 2.48. The molecule has 1 aliphatic carbocycles. The molecule has 1 aliphatic rings. The number of rotatable bonds is 3. The van der Waals surface area contributed by atoms with Crippen molar-refractivity contribution in [2.24, 2.45) is 10.7 Å². The largest absolute Gasteiger partial charge is 0.370 e. The number of nitrogens with two attached hydrogens (primary N) is 1. The van der Waals surface area contributed by atoms with Crippen LogP contribution in [0.1, 0.15) is 17.7 Å². The summed E-state index contributed by atoms with van der Waals surface area (Å²) < 4.78 is 1.14. The van der Waals surface area contributed by atoms with Crippen LogP contribution in [-0.4, -0.2) is 23.9 Å². The summed E-state index contributed by atoms with van der Waals surface area (Å²) in [4.78, 5) is 7.68. The van der Waals surface area contributed by atoms with Crippen LogP contribution in [0.15, 0.2) is 20.9 Å². The van der Waals surface area contributed by atoms with E-state index in [9.17, 15) is 0 Å². The Kier molecular flexibility index (Phi) is 5.52. The van der Waals surface area contributed by atoms with E-state index in [0.717, 1.165) is 3.79 Å². The molecule has 0 radical (unpaired) electrons. The minimum absolute atomic E-state index is 0. The van der Waals surface area contributed by atoms with Crippen molar-refractivity contribution in [2.45, 2.75) is 25.4 Å². The van der Waals surface area contributed by atoms with Gasteiger partial charge < -0.3 is 10.6 Å². The second-order valence-corrected chi connectivity index (χ2v) is 6.27. The number of aliphatic imine (C=N–C) groups is 1. The zero-order valence-electron chi connectivity index (χ0n) is 9.02. The van der Waals surface area contributed by atoms with Crippen LogP contribution in [0.25, 0.3) is 0 Å². The highest BCUT2D eigenvalue weighted by Crippen LogP contribution is 2.25. The number of nitrogens with zero attached hydrogens (tertiary/aromatic N) is 2. The first-order chi connectivity index (χ1) is 7.16. The van der Waals surface area contributed by atoms with E-state index in [1.165, 1.54) is 17.7 Å². The number of thiophene rings is 1. The van der Waals surface area contributed by atoms with Crippen LogP contribution in [0.5, 0.6) is 0 Å². The Morgan fingerprint density at radius 2 is 2.31 bits per heavy atom. The van der Waals surface area contributed by atoms with Crippen molar-refractivity contribution in [1.82, 2.24) is 4.90 Å². The van der Waals surface area contributed by atoms with Crippen LogP contribution < -0.4 is 5.73 Å². The summed E-state index contributed by atoms with van der Waals surface area (Å²) in [7, 11) is 2.01. The number of hydrogen-bond acceptors (Lipinski definition) is 2. The van der Waals surface area contributed by atoms with Crippen molar-refractivity contribution in [3.63, 3.8) is 0 Å². The Bertz CT molecular complexity index is 376. The fourth-order valence-corrected chi connectivity index (χ4v) is 2.76. The van der Waals surface area contributed by atoms with Gasteiger partial charge in [-0.3, -0.25) is 0 Å². The van der Waals surface area contributed by atoms with Crippen molar-refractivity contribution in [3.8, 4) is 0 Å². The molecule has 3 nitrogen and oxygen atoms in total. The third-order valence-corrected chi connectivity index (χ3v) is 4.09. The Balaban J connectivity index is 0.00000128. The molecule has 6 heteroatoms. The highest BCUT2D eigenvalue weighted by atomic mass is 127. The zero-order chi connectivity index (χ0) is 10.8. The molecule has 2 rings (SSSR count). The molecule has 0 aromatic carbocycles. The van der Waals surface area contributed by atoms with Gasteiger partial charge in [0.1, 0.15) is 0 Å². The van der Waals surface area contributed by atoms with E-state index in [-0.39, 0.29) is 24.0 Å². The molecule has 16 heavy (non-hydrogen) atoms. The SMILES string of the molecule is CN(C(N)=NCc1ccc(Br)s1)C1CC1.I. The summed E-state index contributed by atoms with van der Waals surface area (Å²) in [5, 5.41) is 0. The number of guanidine groups is 1. The minimum atomic E-state index is 0. The molecule has 0 atom stereocenters. The van der Waals surface area contributed by atoms with Crippen molar-refractivity contribution in [2.75, 3.05) is 7.05 Å². The van der Waals surface area contributed by atoms with Gasteiger partial charge in [-0.2, -0.15) is 0 Å². The summed E-state index contributed by atoms with van der Waals surface area (Å²) >= 11 is 5.13. The van der Waals surface area contributed by atoms with E-state index in [2.05, 4.69) is 31.9 Å². The van der Waals surface area contributed by atoms with Gasteiger partial charge in [-0.25, -0.2) is 4.99 Å². The lowest BCUT2D eigenvalue weighted by molar-refractivity contribution is 0.487. The molecule has 0 amide bonds. The summed E-state index contributed by atoms with van der Waals surface area (Å²) in [5.41, 5.74) is 5.88. The summed E-state index contributed by atoms with van der Waals surface area (Å²) in [6, 6.07) is 4.74. The lowest BCUT2D eigenvalue weighted by Crippen LogP contribution is -2.35. The van der Waals surface area contributed by atoms with Gasteiger partial charge in [0.05, 0.1) is 10.3 Å². The third kappa shape index (κ3) is 3.89. The van der Waals surface area contributed by atoms with Gasteiger partial charge in [0, 0.05) is 18.0 Å². The predicted octanol–water partition coefficient (Wildman–Crippen LogP) is 3.04. The van der Waals surface area contributed by atoms with Crippen molar-refractivity contribution in [1.29, 1.82) is 0 Å². The predicted molar refractivity (Wildman–Crippen MR) is 83.5 cm³/mol. The summed E-state index contributed by atoms with van der Waals surface area (Å²) in [6.07, 6.45) is 2.49. The standard InChI is InChI=1S/C10H14BrN3S.HI/c1-14(7-2-3-7)10(12)13-6-8-4-5-9(11)15-8;/h4-5,7H,2-3,6H2,1H3,(H2,12,13);1H. The maximum atomic E-state index is 5.88. The maximum absolute atomic E-state index is 5.88. The van der Waals surface area contributed by atoms with Gasteiger partial charge in [0.2, 0.25) is 0 Å². The Morgan fingerprint density at radius 3 is 2.81 bits per heavy atom. The topological polar surface area (TPSA) is 41.6 Å². The van der Waals surface area contributed by atoms with Crippen LogP contribution in [0.3, 0.4) is 0 Å². The first-order valence-electron chi connectivity index (χ1n) is 4.94. The molecule has 2 N–H and O–H groups in total. The molecule has 1 fully saturated rings.